The van der Waals surface area contributed by atoms with E-state index in [1.54, 1.807) is 6.20 Å². The molecule has 140 valence electrons. The number of carbonyl (C=O) groups excluding carboxylic acids is 1. The molecule has 4 nitrogen and oxygen atoms in total. The lowest BCUT2D eigenvalue weighted by molar-refractivity contribution is 0.0954. The van der Waals surface area contributed by atoms with Gasteiger partial charge in [0, 0.05) is 46.6 Å². The fourth-order valence-corrected chi connectivity index (χ4v) is 3.45. The van der Waals surface area contributed by atoms with Crippen molar-refractivity contribution in [3.63, 3.8) is 0 Å². The number of fused-ring (bicyclic) bond motifs is 1. The molecule has 2 aromatic carbocycles. The predicted molar refractivity (Wildman–Crippen MR) is 113 cm³/mol. The third-order valence-corrected chi connectivity index (χ3v) is 4.99. The lowest BCUT2D eigenvalue weighted by Gasteiger charge is -2.07. The summed E-state index contributed by atoms with van der Waals surface area (Å²) in [5.41, 5.74) is 5.16. The van der Waals surface area contributed by atoms with Gasteiger partial charge in [0.1, 0.15) is 0 Å². The van der Waals surface area contributed by atoms with E-state index in [4.69, 9.17) is 11.6 Å². The number of hydrogen-bond donors (Lipinski definition) is 2. The molecule has 0 spiro atoms. The first-order valence-electron chi connectivity index (χ1n) is 9.20. The standard InChI is InChI=1S/C23H20ClN3O/c24-20-7-8-22-21(13-20)19(15-27-22)9-11-26-23(28)18-5-3-16(4-6-18)12-17-2-1-10-25-14-17/h1-8,10,13-15,27H,9,11-12H2,(H,26,28). The van der Waals surface area contributed by atoms with Crippen LogP contribution in [-0.4, -0.2) is 22.4 Å². The lowest BCUT2D eigenvalue weighted by atomic mass is 10.0. The number of hydrogen-bond acceptors (Lipinski definition) is 2. The van der Waals surface area contributed by atoms with E-state index >= 15 is 0 Å². The molecule has 4 aromatic rings. The number of pyridine rings is 1. The van der Waals surface area contributed by atoms with E-state index in [1.807, 2.05) is 67.0 Å². The summed E-state index contributed by atoms with van der Waals surface area (Å²) in [6.07, 6.45) is 7.14. The SMILES string of the molecule is O=C(NCCc1c[nH]c2ccc(Cl)cc12)c1ccc(Cc2cccnc2)cc1. The minimum Gasteiger partial charge on any atom is -0.361 e. The summed E-state index contributed by atoms with van der Waals surface area (Å²) >= 11 is 6.09. The van der Waals surface area contributed by atoms with Crippen LogP contribution >= 0.6 is 11.6 Å². The normalized spacial score (nSPS) is 10.9. The molecule has 2 heterocycles. The Morgan fingerprint density at radius 2 is 1.93 bits per heavy atom. The molecule has 0 radical (unpaired) electrons. The molecule has 28 heavy (non-hydrogen) atoms. The highest BCUT2D eigenvalue weighted by Crippen LogP contribution is 2.22. The first-order valence-corrected chi connectivity index (χ1v) is 9.58. The number of aromatic nitrogens is 2. The molecular formula is C23H20ClN3O. The zero-order valence-corrected chi connectivity index (χ0v) is 16.0. The molecule has 5 heteroatoms. The van der Waals surface area contributed by atoms with Crippen molar-refractivity contribution in [3.05, 3.63) is 100 Å². The van der Waals surface area contributed by atoms with Crippen LogP contribution in [0.5, 0.6) is 0 Å². The Morgan fingerprint density at radius 3 is 2.71 bits per heavy atom. The fraction of sp³-hybridized carbons (Fsp3) is 0.130. The second-order valence-corrected chi connectivity index (χ2v) is 7.18. The van der Waals surface area contributed by atoms with E-state index in [-0.39, 0.29) is 5.91 Å². The molecule has 0 bridgehead atoms. The summed E-state index contributed by atoms with van der Waals surface area (Å²) in [6, 6.07) is 17.5. The van der Waals surface area contributed by atoms with Crippen LogP contribution < -0.4 is 5.32 Å². The first-order chi connectivity index (χ1) is 13.7. The molecule has 0 aliphatic rings. The van der Waals surface area contributed by atoms with Gasteiger partial charge in [-0.1, -0.05) is 29.8 Å². The van der Waals surface area contributed by atoms with Crippen LogP contribution in [0, 0.1) is 0 Å². The van der Waals surface area contributed by atoms with E-state index in [2.05, 4.69) is 15.3 Å². The van der Waals surface area contributed by atoms with Gasteiger partial charge in [-0.05, 0) is 65.9 Å². The summed E-state index contributed by atoms with van der Waals surface area (Å²) in [5, 5.41) is 4.80. The molecule has 0 unspecified atom stereocenters. The molecular weight excluding hydrogens is 370 g/mol. The van der Waals surface area contributed by atoms with Crippen molar-refractivity contribution in [2.24, 2.45) is 0 Å². The molecule has 1 amide bonds. The van der Waals surface area contributed by atoms with Crippen LogP contribution in [-0.2, 0) is 12.8 Å². The zero-order chi connectivity index (χ0) is 19.3. The molecule has 2 aromatic heterocycles. The average molecular weight is 390 g/mol. The maximum atomic E-state index is 12.4. The second kappa shape index (κ2) is 8.28. The van der Waals surface area contributed by atoms with E-state index in [0.717, 1.165) is 40.4 Å². The van der Waals surface area contributed by atoms with Gasteiger partial charge in [0.15, 0.2) is 0 Å². The summed E-state index contributed by atoms with van der Waals surface area (Å²) in [4.78, 5) is 19.8. The van der Waals surface area contributed by atoms with Crippen molar-refractivity contribution in [1.82, 2.24) is 15.3 Å². The number of halogens is 1. The minimum absolute atomic E-state index is 0.0641. The van der Waals surface area contributed by atoms with Crippen molar-refractivity contribution in [3.8, 4) is 0 Å². The fourth-order valence-electron chi connectivity index (χ4n) is 3.28. The predicted octanol–water partition coefficient (Wildman–Crippen LogP) is 4.78. The monoisotopic (exact) mass is 389 g/mol. The molecule has 2 N–H and O–H groups in total. The highest BCUT2D eigenvalue weighted by atomic mass is 35.5. The number of nitrogens with one attached hydrogen (secondary N) is 2. The third-order valence-electron chi connectivity index (χ3n) is 4.76. The van der Waals surface area contributed by atoms with Crippen molar-refractivity contribution in [2.75, 3.05) is 6.54 Å². The Bertz CT molecular complexity index is 1090. The number of rotatable bonds is 6. The van der Waals surface area contributed by atoms with Crippen molar-refractivity contribution in [1.29, 1.82) is 0 Å². The maximum absolute atomic E-state index is 12.4. The van der Waals surface area contributed by atoms with Crippen molar-refractivity contribution >= 4 is 28.4 Å². The van der Waals surface area contributed by atoms with Gasteiger partial charge in [-0.25, -0.2) is 0 Å². The number of amides is 1. The van der Waals surface area contributed by atoms with Crippen LogP contribution in [0.4, 0.5) is 0 Å². The van der Waals surface area contributed by atoms with Gasteiger partial charge in [-0.2, -0.15) is 0 Å². The first kappa shape index (κ1) is 18.3. The van der Waals surface area contributed by atoms with Crippen LogP contribution in [0.3, 0.4) is 0 Å². The quantitative estimate of drug-likeness (QED) is 0.498. The third kappa shape index (κ3) is 4.24. The van der Waals surface area contributed by atoms with Gasteiger partial charge in [0.25, 0.3) is 5.91 Å². The number of carbonyl (C=O) groups is 1. The summed E-state index contributed by atoms with van der Waals surface area (Å²) in [5.74, 6) is -0.0641. The van der Waals surface area contributed by atoms with E-state index in [9.17, 15) is 4.79 Å². The Morgan fingerprint density at radius 1 is 1.07 bits per heavy atom. The van der Waals surface area contributed by atoms with Crippen LogP contribution in [0.1, 0.15) is 27.0 Å². The minimum atomic E-state index is -0.0641. The van der Waals surface area contributed by atoms with Gasteiger partial charge in [-0.15, -0.1) is 0 Å². The van der Waals surface area contributed by atoms with Gasteiger partial charge in [0.2, 0.25) is 0 Å². The Balaban J connectivity index is 1.34. The topological polar surface area (TPSA) is 57.8 Å². The largest absolute Gasteiger partial charge is 0.361 e. The van der Waals surface area contributed by atoms with Gasteiger partial charge in [0.05, 0.1) is 0 Å². The molecule has 0 aliphatic heterocycles. The number of nitrogens with zero attached hydrogens (tertiary/aromatic N) is 1. The lowest BCUT2D eigenvalue weighted by Crippen LogP contribution is -2.25. The molecule has 0 saturated carbocycles. The molecule has 0 atom stereocenters. The van der Waals surface area contributed by atoms with E-state index < -0.39 is 0 Å². The Labute approximate surface area is 168 Å². The number of H-pyrrole nitrogens is 1. The van der Waals surface area contributed by atoms with Crippen molar-refractivity contribution in [2.45, 2.75) is 12.8 Å². The summed E-state index contributed by atoms with van der Waals surface area (Å²) in [7, 11) is 0. The van der Waals surface area contributed by atoms with Crippen LogP contribution in [0.15, 0.2) is 73.2 Å². The van der Waals surface area contributed by atoms with Gasteiger partial charge >= 0.3 is 0 Å². The maximum Gasteiger partial charge on any atom is 0.251 e. The Kier molecular flexibility index (Phi) is 5.40. The highest BCUT2D eigenvalue weighted by molar-refractivity contribution is 6.31. The highest BCUT2D eigenvalue weighted by Gasteiger charge is 2.08. The Hall–Kier alpha value is -3.11. The number of aromatic amines is 1. The zero-order valence-electron chi connectivity index (χ0n) is 15.3. The van der Waals surface area contributed by atoms with Gasteiger partial charge in [-0.3, -0.25) is 9.78 Å². The van der Waals surface area contributed by atoms with E-state index in [0.29, 0.717) is 17.1 Å². The van der Waals surface area contributed by atoms with Crippen molar-refractivity contribution < 1.29 is 4.79 Å². The molecule has 0 saturated heterocycles. The van der Waals surface area contributed by atoms with Crippen LogP contribution in [0.2, 0.25) is 5.02 Å². The number of benzene rings is 2. The average Bonchev–Trinajstić information content (AvgIpc) is 3.11. The summed E-state index contributed by atoms with van der Waals surface area (Å²) < 4.78 is 0. The molecule has 0 aliphatic carbocycles. The van der Waals surface area contributed by atoms with E-state index in [1.165, 1.54) is 0 Å². The molecule has 0 fully saturated rings. The van der Waals surface area contributed by atoms with Gasteiger partial charge < -0.3 is 10.3 Å². The molecule has 4 rings (SSSR count). The second-order valence-electron chi connectivity index (χ2n) is 6.74. The smallest absolute Gasteiger partial charge is 0.251 e. The van der Waals surface area contributed by atoms with Crippen LogP contribution in [0.25, 0.3) is 10.9 Å². The summed E-state index contributed by atoms with van der Waals surface area (Å²) in [6.45, 7) is 0.565.